The molecule has 0 fully saturated rings. The molecule has 3 heterocycles. The highest BCUT2D eigenvalue weighted by atomic mass is 15.0. The first-order chi connectivity index (χ1) is 34.7. The van der Waals surface area contributed by atoms with E-state index in [4.69, 9.17) is 4.98 Å². The third kappa shape index (κ3) is 6.64. The third-order valence-corrected chi connectivity index (χ3v) is 13.8. The normalized spacial score (nSPS) is 11.4. The first kappa shape index (κ1) is 40.7. The van der Waals surface area contributed by atoms with Gasteiger partial charge in [-0.3, -0.25) is 0 Å². The van der Waals surface area contributed by atoms with Gasteiger partial charge in [0, 0.05) is 32.7 Å². The Morgan fingerprint density at radius 2 is 0.571 bits per heavy atom. The van der Waals surface area contributed by atoms with Crippen molar-refractivity contribution < 1.29 is 0 Å². The predicted octanol–water partition coefficient (Wildman–Crippen LogP) is 17.1. The van der Waals surface area contributed by atoms with E-state index in [-0.39, 0.29) is 0 Å². The van der Waals surface area contributed by atoms with E-state index in [0.717, 1.165) is 122 Å². The van der Waals surface area contributed by atoms with Crippen LogP contribution in [0.3, 0.4) is 0 Å². The van der Waals surface area contributed by atoms with Crippen LogP contribution < -0.4 is 0 Å². The molecule has 0 unspecified atom stereocenters. The molecule has 4 heteroatoms. The van der Waals surface area contributed by atoms with Gasteiger partial charge in [0.1, 0.15) is 11.6 Å². The summed E-state index contributed by atoms with van der Waals surface area (Å²) < 4.78 is 4.66. The molecule has 70 heavy (non-hydrogen) atoms. The molecule has 0 N–H and O–H groups in total. The molecule has 0 aliphatic rings. The van der Waals surface area contributed by atoms with E-state index in [2.05, 4.69) is 252 Å². The van der Waals surface area contributed by atoms with Crippen LogP contribution in [0.15, 0.2) is 255 Å². The van der Waals surface area contributed by atoms with Crippen LogP contribution in [0.1, 0.15) is 5.56 Å². The molecule has 13 rings (SSSR count). The van der Waals surface area contributed by atoms with Crippen molar-refractivity contribution in [2.45, 2.75) is 0 Å². The third-order valence-electron chi connectivity index (χ3n) is 13.8. The molecule has 13 aromatic rings. The summed E-state index contributed by atoms with van der Waals surface area (Å²) in [6.45, 7) is 0. The van der Waals surface area contributed by atoms with Crippen LogP contribution in [-0.2, 0) is 0 Å². The van der Waals surface area contributed by atoms with Crippen LogP contribution in [0.25, 0.3) is 122 Å². The van der Waals surface area contributed by atoms with Crippen molar-refractivity contribution in [3.8, 4) is 84.5 Å². The van der Waals surface area contributed by atoms with E-state index in [1.165, 1.54) is 0 Å². The lowest BCUT2D eigenvalue weighted by molar-refractivity contribution is 1.12. The number of benzene rings is 10. The summed E-state index contributed by atoms with van der Waals surface area (Å²) in [6, 6.07) is 92.6. The zero-order valence-electron chi connectivity index (χ0n) is 38.0. The molecule has 4 nitrogen and oxygen atoms in total. The number of pyridine rings is 1. The second-order valence-electron chi connectivity index (χ2n) is 17.7. The minimum Gasteiger partial charge on any atom is -0.308 e. The van der Waals surface area contributed by atoms with Crippen molar-refractivity contribution in [3.63, 3.8) is 0 Å². The second kappa shape index (κ2) is 16.9. The Labute approximate surface area is 405 Å². The van der Waals surface area contributed by atoms with Gasteiger partial charge in [0.2, 0.25) is 0 Å². The van der Waals surface area contributed by atoms with Crippen LogP contribution in [0.2, 0.25) is 0 Å². The van der Waals surface area contributed by atoms with Crippen LogP contribution in [-0.4, -0.2) is 14.1 Å². The quantitative estimate of drug-likeness (QED) is 0.153. The monoisotopic (exact) mass is 890 g/mol. The average Bonchev–Trinajstić information content (AvgIpc) is 3.97. The molecule has 0 spiro atoms. The Morgan fingerprint density at radius 3 is 0.886 bits per heavy atom. The second-order valence-corrected chi connectivity index (χ2v) is 17.7. The molecule has 10 aromatic carbocycles. The summed E-state index contributed by atoms with van der Waals surface area (Å²) in [6.07, 6.45) is 0. The van der Waals surface area contributed by atoms with Crippen molar-refractivity contribution in [1.82, 2.24) is 14.1 Å². The van der Waals surface area contributed by atoms with E-state index in [1.54, 1.807) is 0 Å². The van der Waals surface area contributed by atoms with Crippen LogP contribution in [0, 0.1) is 11.3 Å². The Kier molecular flexibility index (Phi) is 9.85. The van der Waals surface area contributed by atoms with Gasteiger partial charge in [-0.05, 0) is 93.0 Å². The van der Waals surface area contributed by atoms with Gasteiger partial charge in [0.15, 0.2) is 0 Å². The van der Waals surface area contributed by atoms with Crippen molar-refractivity contribution in [3.05, 3.63) is 260 Å². The maximum atomic E-state index is 12.0. The number of rotatable bonds is 8. The van der Waals surface area contributed by atoms with Gasteiger partial charge in [-0.25, -0.2) is 4.98 Å². The summed E-state index contributed by atoms with van der Waals surface area (Å²) in [4.78, 5) is 5.38. The Balaban J connectivity index is 1.20. The largest absolute Gasteiger partial charge is 0.308 e. The van der Waals surface area contributed by atoms with Crippen molar-refractivity contribution >= 4 is 43.6 Å². The maximum absolute atomic E-state index is 12.0. The SMILES string of the molecule is N#Cc1c(-n2c3cccc(-c4ccccc4)c3c3c(-c4ccccc4)cccc32)cc(-c2cccc(-c3ccccc3)n2)cc1-n1c2cccc(-c3ccccc3)c2c2c(-c3ccccc3)cccc21. The first-order valence-corrected chi connectivity index (χ1v) is 23.7. The molecular weight excluding hydrogens is 849 g/mol. The van der Waals surface area contributed by atoms with E-state index < -0.39 is 0 Å². The van der Waals surface area contributed by atoms with Gasteiger partial charge >= 0.3 is 0 Å². The molecule has 326 valence electrons. The fraction of sp³-hybridized carbons (Fsp3) is 0. The van der Waals surface area contributed by atoms with Crippen LogP contribution in [0.5, 0.6) is 0 Å². The minimum absolute atomic E-state index is 0.547. The van der Waals surface area contributed by atoms with E-state index in [9.17, 15) is 5.26 Å². The number of nitriles is 1. The summed E-state index contributed by atoms with van der Waals surface area (Å²) >= 11 is 0. The molecule has 0 bridgehead atoms. The van der Waals surface area contributed by atoms with Crippen LogP contribution >= 0.6 is 0 Å². The van der Waals surface area contributed by atoms with E-state index in [1.807, 2.05) is 18.2 Å². The van der Waals surface area contributed by atoms with Gasteiger partial charge < -0.3 is 9.13 Å². The smallest absolute Gasteiger partial charge is 0.104 e. The lowest BCUT2D eigenvalue weighted by atomic mass is 9.95. The van der Waals surface area contributed by atoms with Gasteiger partial charge in [-0.1, -0.05) is 206 Å². The van der Waals surface area contributed by atoms with Crippen molar-refractivity contribution in [1.29, 1.82) is 5.26 Å². The number of hydrogen-bond acceptors (Lipinski definition) is 2. The van der Waals surface area contributed by atoms with Gasteiger partial charge in [0.25, 0.3) is 0 Å². The van der Waals surface area contributed by atoms with Gasteiger partial charge in [-0.15, -0.1) is 0 Å². The zero-order chi connectivity index (χ0) is 46.5. The molecule has 0 radical (unpaired) electrons. The summed E-state index contributed by atoms with van der Waals surface area (Å²) in [5.41, 5.74) is 18.7. The fourth-order valence-electron chi connectivity index (χ4n) is 10.8. The van der Waals surface area contributed by atoms with Gasteiger partial charge in [-0.2, -0.15) is 5.26 Å². The van der Waals surface area contributed by atoms with Crippen molar-refractivity contribution in [2.24, 2.45) is 0 Å². The lowest BCUT2D eigenvalue weighted by Crippen LogP contribution is -2.05. The number of nitrogens with zero attached hydrogens (tertiary/aromatic N) is 4. The van der Waals surface area contributed by atoms with Crippen molar-refractivity contribution in [2.75, 3.05) is 0 Å². The Bertz CT molecular complexity index is 3730. The molecule has 0 aliphatic carbocycles. The zero-order valence-corrected chi connectivity index (χ0v) is 38.0. The average molecular weight is 891 g/mol. The minimum atomic E-state index is 0.547. The highest BCUT2D eigenvalue weighted by Gasteiger charge is 2.26. The Hall–Kier alpha value is -9.56. The van der Waals surface area contributed by atoms with Crippen LogP contribution in [0.4, 0.5) is 0 Å². The van der Waals surface area contributed by atoms with E-state index >= 15 is 0 Å². The molecular formula is C66H42N4. The highest BCUT2D eigenvalue weighted by molar-refractivity contribution is 6.22. The topological polar surface area (TPSA) is 46.5 Å². The molecule has 0 atom stereocenters. The molecule has 0 amide bonds. The molecule has 0 saturated heterocycles. The number of fused-ring (bicyclic) bond motifs is 6. The standard InChI is InChI=1S/C66H42N4/c67-43-54-61(69-57-37-16-31-50(44-21-6-1-7-22-44)63(57)64-51(32-17-38-58(64)69)45-23-8-2-9-24-45)41-49(56-36-20-35-55(68-56)48-29-14-5-15-30-48)42-62(54)70-59-39-18-33-52(46-25-10-3-11-26-46)65(59)66-53(34-19-40-60(66)70)47-27-12-4-13-28-47/h1-42H. The number of hydrogen-bond donors (Lipinski definition) is 0. The fourth-order valence-corrected chi connectivity index (χ4v) is 10.8. The molecule has 0 saturated carbocycles. The predicted molar refractivity (Wildman–Crippen MR) is 290 cm³/mol. The summed E-state index contributed by atoms with van der Waals surface area (Å²) in [7, 11) is 0. The molecule has 0 aliphatic heterocycles. The summed E-state index contributed by atoms with van der Waals surface area (Å²) in [5, 5.41) is 16.5. The maximum Gasteiger partial charge on any atom is 0.104 e. The lowest BCUT2D eigenvalue weighted by Gasteiger charge is -2.19. The Morgan fingerprint density at radius 1 is 0.286 bits per heavy atom. The first-order valence-electron chi connectivity index (χ1n) is 23.7. The number of aromatic nitrogens is 3. The highest BCUT2D eigenvalue weighted by Crippen LogP contribution is 2.47. The van der Waals surface area contributed by atoms with Gasteiger partial charge in [0.05, 0.1) is 44.8 Å². The molecule has 3 aromatic heterocycles. The van der Waals surface area contributed by atoms with E-state index in [0.29, 0.717) is 5.56 Å². The summed E-state index contributed by atoms with van der Waals surface area (Å²) in [5.74, 6) is 0.